The lowest BCUT2D eigenvalue weighted by Gasteiger charge is -2.14. The second-order valence-electron chi connectivity index (χ2n) is 4.99. The summed E-state index contributed by atoms with van der Waals surface area (Å²) in [5.74, 6) is 0.965. The summed E-state index contributed by atoms with van der Waals surface area (Å²) in [5.41, 5.74) is 2.96. The molecule has 2 heteroatoms. The Morgan fingerprint density at radius 3 is 2.16 bits per heavy atom. The van der Waals surface area contributed by atoms with Crippen LogP contribution in [0, 0.1) is 0 Å². The van der Waals surface area contributed by atoms with E-state index in [0.717, 1.165) is 38.4 Å². The highest BCUT2D eigenvalue weighted by molar-refractivity contribution is 5.30. The summed E-state index contributed by atoms with van der Waals surface area (Å²) in [7, 11) is 0. The van der Waals surface area contributed by atoms with Gasteiger partial charge in [-0.15, -0.1) is 0 Å². The molecule has 0 amide bonds. The highest BCUT2D eigenvalue weighted by atomic mass is 16.5. The largest absolute Gasteiger partial charge is 0.494 e. The predicted octanol–water partition coefficient (Wildman–Crippen LogP) is 3.47. The number of hydrogen-bond donors (Lipinski definition) is 0. The first-order valence-corrected chi connectivity index (χ1v) is 6.89. The molecule has 1 heterocycles. The Labute approximate surface area is 114 Å². The Kier molecular flexibility index (Phi) is 3.80. The second-order valence-corrected chi connectivity index (χ2v) is 4.99. The third kappa shape index (κ3) is 3.15. The van der Waals surface area contributed by atoms with Gasteiger partial charge in [-0.1, -0.05) is 42.5 Å². The minimum Gasteiger partial charge on any atom is -0.494 e. The van der Waals surface area contributed by atoms with E-state index in [2.05, 4.69) is 29.2 Å². The molecule has 3 rings (SSSR count). The van der Waals surface area contributed by atoms with Crippen molar-refractivity contribution in [3.8, 4) is 5.75 Å². The van der Waals surface area contributed by atoms with Gasteiger partial charge in [0.05, 0.1) is 6.61 Å². The summed E-state index contributed by atoms with van der Waals surface area (Å²) in [5, 5.41) is 0. The van der Waals surface area contributed by atoms with Gasteiger partial charge in [0.1, 0.15) is 5.75 Å². The summed E-state index contributed by atoms with van der Waals surface area (Å²) in [4.78, 5) is 2.49. The van der Waals surface area contributed by atoms with Gasteiger partial charge in [-0.2, -0.15) is 0 Å². The first-order chi connectivity index (χ1) is 9.42. The zero-order chi connectivity index (χ0) is 12.9. The summed E-state index contributed by atoms with van der Waals surface area (Å²) in [6.07, 6.45) is 1.07. The van der Waals surface area contributed by atoms with Gasteiger partial charge in [-0.25, -0.2) is 0 Å². The van der Waals surface area contributed by atoms with E-state index in [-0.39, 0.29) is 0 Å². The van der Waals surface area contributed by atoms with E-state index in [1.807, 2.05) is 30.3 Å². The molecule has 0 bridgehead atoms. The van der Waals surface area contributed by atoms with Crippen molar-refractivity contribution in [2.24, 2.45) is 0 Å². The smallest absolute Gasteiger partial charge is 0.119 e. The lowest BCUT2D eigenvalue weighted by atomic mass is 10.1. The minimum atomic E-state index is 0.789. The summed E-state index contributed by atoms with van der Waals surface area (Å²) >= 11 is 0. The third-order valence-corrected chi connectivity index (χ3v) is 3.54. The molecule has 0 saturated heterocycles. The van der Waals surface area contributed by atoms with Crippen LogP contribution in [0.3, 0.4) is 0 Å². The Balaban J connectivity index is 1.41. The molecule has 98 valence electrons. The van der Waals surface area contributed by atoms with E-state index in [4.69, 9.17) is 4.74 Å². The summed E-state index contributed by atoms with van der Waals surface area (Å²) in [6.45, 7) is 4.06. The van der Waals surface area contributed by atoms with Crippen molar-refractivity contribution in [3.05, 3.63) is 65.7 Å². The second kappa shape index (κ2) is 5.89. The van der Waals surface area contributed by atoms with Crippen LogP contribution in [0.2, 0.25) is 0 Å². The van der Waals surface area contributed by atoms with Gasteiger partial charge >= 0.3 is 0 Å². The molecule has 0 radical (unpaired) electrons. The molecule has 0 N–H and O–H groups in total. The summed E-state index contributed by atoms with van der Waals surface area (Å²) < 4.78 is 5.72. The molecule has 0 spiro atoms. The first kappa shape index (κ1) is 12.2. The standard InChI is InChI=1S/C17H19NO/c1-2-9-17(10-3-1)19-12-6-11-18-13-15-7-4-5-8-16(15)14-18/h1-5,7-10H,6,11-14H2. The average Bonchev–Trinajstić information content (AvgIpc) is 2.87. The van der Waals surface area contributed by atoms with Crippen molar-refractivity contribution in [2.45, 2.75) is 19.5 Å². The Hall–Kier alpha value is -1.80. The third-order valence-electron chi connectivity index (χ3n) is 3.54. The van der Waals surface area contributed by atoms with Crippen molar-refractivity contribution in [3.63, 3.8) is 0 Å². The van der Waals surface area contributed by atoms with E-state index >= 15 is 0 Å². The van der Waals surface area contributed by atoms with Gasteiger partial charge in [-0.3, -0.25) is 4.90 Å². The number of ether oxygens (including phenoxy) is 1. The number of nitrogens with zero attached hydrogens (tertiary/aromatic N) is 1. The molecule has 0 unspecified atom stereocenters. The minimum absolute atomic E-state index is 0.789. The van der Waals surface area contributed by atoms with Crippen molar-refractivity contribution >= 4 is 0 Å². The molecule has 0 fully saturated rings. The molecule has 1 aliphatic rings. The van der Waals surface area contributed by atoms with Crippen LogP contribution in [0.5, 0.6) is 5.75 Å². The molecule has 2 aromatic rings. The van der Waals surface area contributed by atoms with Crippen LogP contribution >= 0.6 is 0 Å². The van der Waals surface area contributed by atoms with E-state index in [1.54, 1.807) is 0 Å². The molecule has 0 atom stereocenters. The van der Waals surface area contributed by atoms with Gasteiger partial charge in [-0.05, 0) is 29.7 Å². The maximum atomic E-state index is 5.72. The van der Waals surface area contributed by atoms with Crippen LogP contribution in [0.25, 0.3) is 0 Å². The highest BCUT2D eigenvalue weighted by Crippen LogP contribution is 2.22. The topological polar surface area (TPSA) is 12.5 Å². The van der Waals surface area contributed by atoms with Gasteiger partial charge in [0, 0.05) is 19.6 Å². The fourth-order valence-corrected chi connectivity index (χ4v) is 2.56. The normalized spacial score (nSPS) is 14.3. The van der Waals surface area contributed by atoms with Crippen molar-refractivity contribution in [2.75, 3.05) is 13.2 Å². The fourth-order valence-electron chi connectivity index (χ4n) is 2.56. The molecular formula is C17H19NO. The highest BCUT2D eigenvalue weighted by Gasteiger charge is 2.17. The van der Waals surface area contributed by atoms with Gasteiger partial charge in [0.25, 0.3) is 0 Å². The van der Waals surface area contributed by atoms with E-state index in [0.29, 0.717) is 0 Å². The van der Waals surface area contributed by atoms with E-state index in [1.165, 1.54) is 11.1 Å². The summed E-state index contributed by atoms with van der Waals surface area (Å²) in [6, 6.07) is 18.7. The maximum absolute atomic E-state index is 5.72. The van der Waals surface area contributed by atoms with Crippen LogP contribution in [-0.2, 0) is 13.1 Å². The fraction of sp³-hybridized carbons (Fsp3) is 0.294. The van der Waals surface area contributed by atoms with Gasteiger partial charge in [0.2, 0.25) is 0 Å². The number of rotatable bonds is 5. The number of benzene rings is 2. The molecule has 0 aromatic heterocycles. The van der Waals surface area contributed by atoms with Crippen LogP contribution < -0.4 is 4.74 Å². The quantitative estimate of drug-likeness (QED) is 0.756. The molecule has 2 nitrogen and oxygen atoms in total. The molecule has 1 aliphatic heterocycles. The Morgan fingerprint density at radius 2 is 1.47 bits per heavy atom. The molecular weight excluding hydrogens is 234 g/mol. The zero-order valence-electron chi connectivity index (χ0n) is 11.1. The van der Waals surface area contributed by atoms with Crippen LogP contribution in [0.15, 0.2) is 54.6 Å². The maximum Gasteiger partial charge on any atom is 0.119 e. The number of para-hydroxylation sites is 1. The SMILES string of the molecule is c1ccc(OCCCN2Cc3ccccc3C2)cc1. The lowest BCUT2D eigenvalue weighted by molar-refractivity contribution is 0.238. The monoisotopic (exact) mass is 253 g/mol. The lowest BCUT2D eigenvalue weighted by Crippen LogP contribution is -2.19. The van der Waals surface area contributed by atoms with Gasteiger partial charge < -0.3 is 4.74 Å². The van der Waals surface area contributed by atoms with Crippen LogP contribution in [-0.4, -0.2) is 18.1 Å². The van der Waals surface area contributed by atoms with Crippen molar-refractivity contribution < 1.29 is 4.74 Å². The number of fused-ring (bicyclic) bond motifs is 1. The Bertz CT molecular complexity index is 499. The average molecular weight is 253 g/mol. The first-order valence-electron chi connectivity index (χ1n) is 6.89. The van der Waals surface area contributed by atoms with E-state index < -0.39 is 0 Å². The number of hydrogen-bond acceptors (Lipinski definition) is 2. The van der Waals surface area contributed by atoms with Crippen molar-refractivity contribution in [1.29, 1.82) is 0 Å². The van der Waals surface area contributed by atoms with Gasteiger partial charge in [0.15, 0.2) is 0 Å². The molecule has 2 aromatic carbocycles. The molecule has 0 saturated carbocycles. The Morgan fingerprint density at radius 1 is 0.842 bits per heavy atom. The molecule has 0 aliphatic carbocycles. The predicted molar refractivity (Wildman–Crippen MR) is 77.1 cm³/mol. The molecule has 19 heavy (non-hydrogen) atoms. The van der Waals surface area contributed by atoms with E-state index in [9.17, 15) is 0 Å². The zero-order valence-corrected chi connectivity index (χ0v) is 11.1. The van der Waals surface area contributed by atoms with Crippen molar-refractivity contribution in [1.82, 2.24) is 4.90 Å². The van der Waals surface area contributed by atoms with Crippen LogP contribution in [0.1, 0.15) is 17.5 Å². The van der Waals surface area contributed by atoms with Crippen LogP contribution in [0.4, 0.5) is 0 Å².